The van der Waals surface area contributed by atoms with Crippen LogP contribution >= 0.6 is 27.5 Å². The van der Waals surface area contributed by atoms with Crippen LogP contribution in [0.4, 0.5) is 0 Å². The Hall–Kier alpha value is -1.84. The predicted molar refractivity (Wildman–Crippen MR) is 91.5 cm³/mol. The van der Waals surface area contributed by atoms with Gasteiger partial charge in [0.25, 0.3) is 0 Å². The monoisotopic (exact) mass is 359 g/mol. The molecule has 0 amide bonds. The van der Waals surface area contributed by atoms with Crippen LogP contribution in [0.25, 0.3) is 23.1 Å². The fourth-order valence-corrected chi connectivity index (χ4v) is 2.61. The smallest absolute Gasteiger partial charge is 0.141 e. The first-order valence-electron chi connectivity index (χ1n) is 6.35. The van der Waals surface area contributed by atoms with E-state index in [1.165, 1.54) is 0 Å². The minimum atomic E-state index is 0.176. The number of halogens is 2. The summed E-state index contributed by atoms with van der Waals surface area (Å²) in [7, 11) is 0. The minimum absolute atomic E-state index is 0.176. The molecular weight excluding hydrogens is 350 g/mol. The average Bonchev–Trinajstić information content (AvgIpc) is 2.50. The van der Waals surface area contributed by atoms with Crippen molar-refractivity contribution in [3.05, 3.63) is 69.3 Å². The molecule has 0 saturated carbocycles. The lowest BCUT2D eigenvalue weighted by atomic mass is 10.1. The summed E-state index contributed by atoms with van der Waals surface area (Å²) in [6.45, 7) is 0. The van der Waals surface area contributed by atoms with Gasteiger partial charge in [-0.05, 0) is 48.0 Å². The van der Waals surface area contributed by atoms with Gasteiger partial charge in [0.15, 0.2) is 0 Å². The van der Waals surface area contributed by atoms with Crippen molar-refractivity contribution in [1.29, 1.82) is 0 Å². The van der Waals surface area contributed by atoms with E-state index in [-0.39, 0.29) is 5.75 Å². The summed E-state index contributed by atoms with van der Waals surface area (Å²) in [6.07, 6.45) is 3.86. The number of hydrogen-bond donors (Lipinski definition) is 1. The van der Waals surface area contributed by atoms with Gasteiger partial charge in [0.05, 0.1) is 5.69 Å². The van der Waals surface area contributed by atoms with Gasteiger partial charge < -0.3 is 5.11 Å². The number of nitrogens with zero attached hydrogens (tertiary/aromatic N) is 1. The van der Waals surface area contributed by atoms with Crippen molar-refractivity contribution in [3.63, 3.8) is 0 Å². The highest BCUT2D eigenvalue weighted by molar-refractivity contribution is 9.10. The Morgan fingerprint density at radius 2 is 1.71 bits per heavy atom. The standard InChI is InChI=1S/C17H11BrClNO/c18-15-9-10-16(21)17-14(15)8-7-13(20-17)6-3-11-1-4-12(19)5-2-11/h1-10,21H. The molecule has 104 valence electrons. The Morgan fingerprint density at radius 1 is 0.952 bits per heavy atom. The summed E-state index contributed by atoms with van der Waals surface area (Å²) < 4.78 is 0.913. The second kappa shape index (κ2) is 5.88. The molecule has 3 aromatic rings. The molecule has 21 heavy (non-hydrogen) atoms. The van der Waals surface area contributed by atoms with E-state index in [0.717, 1.165) is 21.1 Å². The molecule has 3 rings (SSSR count). The molecule has 1 N–H and O–H groups in total. The lowest BCUT2D eigenvalue weighted by molar-refractivity contribution is 0.480. The summed E-state index contributed by atoms with van der Waals surface area (Å²) in [5, 5.41) is 11.5. The van der Waals surface area contributed by atoms with Crippen molar-refractivity contribution in [2.45, 2.75) is 0 Å². The van der Waals surface area contributed by atoms with E-state index in [1.807, 2.05) is 54.6 Å². The Kier molecular flexibility index (Phi) is 3.95. The number of pyridine rings is 1. The molecule has 4 heteroatoms. The molecule has 0 saturated heterocycles. The first-order valence-corrected chi connectivity index (χ1v) is 7.52. The van der Waals surface area contributed by atoms with Gasteiger partial charge in [-0.15, -0.1) is 0 Å². The van der Waals surface area contributed by atoms with Gasteiger partial charge in [0, 0.05) is 14.9 Å². The van der Waals surface area contributed by atoms with Crippen LogP contribution in [0.3, 0.4) is 0 Å². The third-order valence-electron chi connectivity index (χ3n) is 3.12. The number of rotatable bonds is 2. The molecule has 0 unspecified atom stereocenters. The number of hydrogen-bond acceptors (Lipinski definition) is 2. The zero-order chi connectivity index (χ0) is 14.8. The van der Waals surface area contributed by atoms with Crippen LogP contribution in [-0.4, -0.2) is 10.1 Å². The maximum Gasteiger partial charge on any atom is 0.141 e. The fourth-order valence-electron chi connectivity index (χ4n) is 2.03. The molecule has 0 atom stereocenters. The van der Waals surface area contributed by atoms with E-state index < -0.39 is 0 Å². The average molecular weight is 361 g/mol. The summed E-state index contributed by atoms with van der Waals surface area (Å²) in [4.78, 5) is 4.48. The molecule has 1 aromatic heterocycles. The summed E-state index contributed by atoms with van der Waals surface area (Å²) in [5.74, 6) is 0.176. The molecule has 0 aliphatic heterocycles. The van der Waals surface area contributed by atoms with Crippen LogP contribution in [0.1, 0.15) is 11.3 Å². The Morgan fingerprint density at radius 3 is 2.48 bits per heavy atom. The summed E-state index contributed by atoms with van der Waals surface area (Å²) in [5.41, 5.74) is 2.41. The minimum Gasteiger partial charge on any atom is -0.506 e. The Labute approximate surface area is 135 Å². The zero-order valence-corrected chi connectivity index (χ0v) is 13.3. The van der Waals surface area contributed by atoms with Crippen LogP contribution in [0.15, 0.2) is 53.0 Å². The number of phenols is 1. The Bertz CT molecular complexity index is 828. The largest absolute Gasteiger partial charge is 0.506 e. The van der Waals surface area contributed by atoms with Gasteiger partial charge in [0.2, 0.25) is 0 Å². The maximum absolute atomic E-state index is 9.91. The molecular formula is C17H11BrClNO. The highest BCUT2D eigenvalue weighted by Crippen LogP contribution is 2.29. The normalized spacial score (nSPS) is 11.3. The van der Waals surface area contributed by atoms with Gasteiger partial charge in [-0.25, -0.2) is 4.98 Å². The summed E-state index contributed by atoms with van der Waals surface area (Å²) in [6, 6.07) is 14.9. The van der Waals surface area contributed by atoms with Gasteiger partial charge in [-0.3, -0.25) is 0 Å². The highest BCUT2D eigenvalue weighted by atomic mass is 79.9. The first-order chi connectivity index (χ1) is 10.1. The molecule has 0 aliphatic rings. The van der Waals surface area contributed by atoms with Crippen molar-refractivity contribution in [1.82, 2.24) is 4.98 Å². The third-order valence-corrected chi connectivity index (χ3v) is 4.06. The fraction of sp³-hybridized carbons (Fsp3) is 0. The van der Waals surface area contributed by atoms with Crippen molar-refractivity contribution in [2.24, 2.45) is 0 Å². The van der Waals surface area contributed by atoms with Gasteiger partial charge in [0.1, 0.15) is 11.3 Å². The molecule has 0 spiro atoms. The number of aromatic nitrogens is 1. The molecule has 2 nitrogen and oxygen atoms in total. The molecule has 1 heterocycles. The molecule has 0 fully saturated rings. The van der Waals surface area contributed by atoms with Gasteiger partial charge in [-0.2, -0.15) is 0 Å². The van der Waals surface area contributed by atoms with Crippen LogP contribution < -0.4 is 0 Å². The zero-order valence-electron chi connectivity index (χ0n) is 10.9. The molecule has 2 aromatic carbocycles. The van der Waals surface area contributed by atoms with Crippen molar-refractivity contribution < 1.29 is 5.11 Å². The SMILES string of the molecule is Oc1ccc(Br)c2ccc(C=Cc3ccc(Cl)cc3)nc12. The quantitative estimate of drug-likeness (QED) is 0.652. The van der Waals surface area contributed by atoms with Crippen LogP contribution in [-0.2, 0) is 0 Å². The van der Waals surface area contributed by atoms with Gasteiger partial charge in [-0.1, -0.05) is 45.7 Å². The second-order valence-electron chi connectivity index (χ2n) is 4.58. The highest BCUT2D eigenvalue weighted by Gasteiger charge is 2.05. The number of phenolic OH excluding ortho intramolecular Hbond substituents is 1. The number of benzene rings is 2. The maximum atomic E-state index is 9.91. The Balaban J connectivity index is 1.98. The molecule has 0 radical (unpaired) electrons. The van der Waals surface area contributed by atoms with Crippen LogP contribution in [0, 0.1) is 0 Å². The van der Waals surface area contributed by atoms with Crippen LogP contribution in [0.5, 0.6) is 5.75 Å². The van der Waals surface area contributed by atoms with E-state index in [2.05, 4.69) is 20.9 Å². The van der Waals surface area contributed by atoms with Gasteiger partial charge >= 0.3 is 0 Å². The van der Waals surface area contributed by atoms with E-state index in [1.54, 1.807) is 6.07 Å². The topological polar surface area (TPSA) is 33.1 Å². The lowest BCUT2D eigenvalue weighted by Crippen LogP contribution is -1.85. The third kappa shape index (κ3) is 3.09. The van der Waals surface area contributed by atoms with Crippen molar-refractivity contribution in [3.8, 4) is 5.75 Å². The van der Waals surface area contributed by atoms with Crippen molar-refractivity contribution in [2.75, 3.05) is 0 Å². The number of fused-ring (bicyclic) bond motifs is 1. The van der Waals surface area contributed by atoms with E-state index >= 15 is 0 Å². The predicted octanol–water partition coefficient (Wildman–Crippen LogP) is 5.53. The lowest BCUT2D eigenvalue weighted by Gasteiger charge is -2.03. The van der Waals surface area contributed by atoms with Crippen LogP contribution in [0.2, 0.25) is 5.02 Å². The second-order valence-corrected chi connectivity index (χ2v) is 5.87. The molecule has 0 aliphatic carbocycles. The van der Waals surface area contributed by atoms with E-state index in [9.17, 15) is 5.11 Å². The number of aromatic hydroxyl groups is 1. The van der Waals surface area contributed by atoms with E-state index in [4.69, 9.17) is 11.6 Å². The summed E-state index contributed by atoms with van der Waals surface area (Å²) >= 11 is 9.31. The molecule has 0 bridgehead atoms. The van der Waals surface area contributed by atoms with Crippen molar-refractivity contribution >= 4 is 50.6 Å². The van der Waals surface area contributed by atoms with E-state index in [0.29, 0.717) is 10.5 Å². The first kappa shape index (κ1) is 14.1.